The van der Waals surface area contributed by atoms with E-state index in [-0.39, 0.29) is 6.04 Å². The molecule has 5 heteroatoms. The molecule has 2 N–H and O–H groups in total. The lowest BCUT2D eigenvalue weighted by Crippen LogP contribution is -2.44. The van der Waals surface area contributed by atoms with Crippen LogP contribution in [0, 0.1) is 0 Å². The smallest absolute Gasteiger partial charge is 0.0485 e. The summed E-state index contributed by atoms with van der Waals surface area (Å²) in [5.41, 5.74) is 7.38. The zero-order valence-electron chi connectivity index (χ0n) is 12.9. The molecule has 1 fully saturated rings. The monoisotopic (exact) mass is 373 g/mol. The highest BCUT2D eigenvalue weighted by Crippen LogP contribution is 2.32. The van der Waals surface area contributed by atoms with Crippen LogP contribution in [0.15, 0.2) is 22.7 Å². The van der Waals surface area contributed by atoms with Crippen molar-refractivity contribution < 1.29 is 0 Å². The summed E-state index contributed by atoms with van der Waals surface area (Å²) in [6.07, 6.45) is 2.33. The molecule has 2 atom stereocenters. The third-order valence-electron chi connectivity index (χ3n) is 4.36. The second-order valence-electron chi connectivity index (χ2n) is 5.83. The van der Waals surface area contributed by atoms with Gasteiger partial charge in [0, 0.05) is 41.2 Å². The summed E-state index contributed by atoms with van der Waals surface area (Å²) in [7, 11) is 2.21. The van der Waals surface area contributed by atoms with E-state index in [0.717, 1.165) is 35.6 Å². The van der Waals surface area contributed by atoms with Gasteiger partial charge in [-0.25, -0.2) is 0 Å². The summed E-state index contributed by atoms with van der Waals surface area (Å²) in [4.78, 5) is 5.01. The number of benzene rings is 1. The standard InChI is InChI=1S/C16H25BrClN3/c1-3-13-11-20(2)7-4-8-21(13)16(10-19)14-6-5-12(18)9-15(14)17/h5-6,9,13,16H,3-4,7-8,10-11,19H2,1-2H3. The zero-order chi connectivity index (χ0) is 15.4. The van der Waals surface area contributed by atoms with Crippen LogP contribution < -0.4 is 5.73 Å². The molecule has 0 aliphatic carbocycles. The average molecular weight is 375 g/mol. The van der Waals surface area contributed by atoms with Crippen LogP contribution in [0.3, 0.4) is 0 Å². The molecule has 0 bridgehead atoms. The molecule has 1 aromatic carbocycles. The fourth-order valence-electron chi connectivity index (χ4n) is 3.25. The molecule has 1 saturated heterocycles. The van der Waals surface area contributed by atoms with Crippen molar-refractivity contribution in [1.82, 2.24) is 9.80 Å². The van der Waals surface area contributed by atoms with Gasteiger partial charge in [-0.15, -0.1) is 0 Å². The average Bonchev–Trinajstić information content (AvgIpc) is 2.63. The Kier molecular flexibility index (Phi) is 6.51. The minimum atomic E-state index is 0.244. The van der Waals surface area contributed by atoms with Crippen LogP contribution in [0.5, 0.6) is 0 Å². The van der Waals surface area contributed by atoms with E-state index in [4.69, 9.17) is 17.3 Å². The fraction of sp³-hybridized carbons (Fsp3) is 0.625. The van der Waals surface area contributed by atoms with Crippen LogP contribution in [-0.2, 0) is 0 Å². The van der Waals surface area contributed by atoms with Gasteiger partial charge in [0.05, 0.1) is 0 Å². The fourth-order valence-corrected chi connectivity index (χ4v) is 4.20. The number of rotatable bonds is 4. The third-order valence-corrected chi connectivity index (χ3v) is 5.29. The number of nitrogens with zero attached hydrogens (tertiary/aromatic N) is 2. The summed E-state index contributed by atoms with van der Waals surface area (Å²) in [6.45, 7) is 6.26. The van der Waals surface area contributed by atoms with Crippen LogP contribution in [0.4, 0.5) is 0 Å². The SMILES string of the molecule is CCC1CN(C)CCCN1C(CN)c1ccc(Cl)cc1Br. The molecule has 1 aliphatic rings. The Labute approximate surface area is 141 Å². The van der Waals surface area contributed by atoms with E-state index in [1.165, 1.54) is 12.0 Å². The number of halogens is 2. The topological polar surface area (TPSA) is 32.5 Å². The molecule has 1 heterocycles. The van der Waals surface area contributed by atoms with Crippen LogP contribution in [0.1, 0.15) is 31.4 Å². The normalized spacial score (nSPS) is 23.0. The van der Waals surface area contributed by atoms with Crippen molar-refractivity contribution in [2.24, 2.45) is 5.73 Å². The van der Waals surface area contributed by atoms with E-state index in [9.17, 15) is 0 Å². The molecule has 21 heavy (non-hydrogen) atoms. The number of hydrogen-bond acceptors (Lipinski definition) is 3. The van der Waals surface area contributed by atoms with E-state index < -0.39 is 0 Å². The molecule has 0 aromatic heterocycles. The highest BCUT2D eigenvalue weighted by atomic mass is 79.9. The van der Waals surface area contributed by atoms with Gasteiger partial charge in [0.25, 0.3) is 0 Å². The summed E-state index contributed by atoms with van der Waals surface area (Å²) in [5, 5.41) is 0.754. The molecule has 2 unspecified atom stereocenters. The molecule has 0 saturated carbocycles. The molecule has 1 aliphatic heterocycles. The number of nitrogens with two attached hydrogens (primary N) is 1. The largest absolute Gasteiger partial charge is 0.329 e. The Hall–Kier alpha value is -0.130. The summed E-state index contributed by atoms with van der Waals surface area (Å²) in [5.74, 6) is 0. The molecule has 3 nitrogen and oxygen atoms in total. The Bertz CT molecular complexity index is 469. The van der Waals surface area contributed by atoms with Gasteiger partial charge in [0.2, 0.25) is 0 Å². The molecule has 118 valence electrons. The first-order valence-corrected chi connectivity index (χ1v) is 8.83. The van der Waals surface area contributed by atoms with Gasteiger partial charge in [0.1, 0.15) is 0 Å². The highest BCUT2D eigenvalue weighted by Gasteiger charge is 2.29. The Balaban J connectivity index is 2.29. The van der Waals surface area contributed by atoms with Crippen molar-refractivity contribution in [3.05, 3.63) is 33.3 Å². The second kappa shape index (κ2) is 7.93. The zero-order valence-corrected chi connectivity index (χ0v) is 15.2. The first-order valence-electron chi connectivity index (χ1n) is 7.66. The predicted molar refractivity (Wildman–Crippen MR) is 93.8 cm³/mol. The van der Waals surface area contributed by atoms with E-state index in [1.54, 1.807) is 0 Å². The highest BCUT2D eigenvalue weighted by molar-refractivity contribution is 9.10. The molecule has 0 amide bonds. The van der Waals surface area contributed by atoms with Gasteiger partial charge in [0.15, 0.2) is 0 Å². The third kappa shape index (κ3) is 4.20. The van der Waals surface area contributed by atoms with E-state index in [1.807, 2.05) is 12.1 Å². The quantitative estimate of drug-likeness (QED) is 0.875. The van der Waals surface area contributed by atoms with Gasteiger partial charge >= 0.3 is 0 Å². The second-order valence-corrected chi connectivity index (χ2v) is 7.12. The first-order chi connectivity index (χ1) is 10.1. The maximum Gasteiger partial charge on any atom is 0.0485 e. The minimum Gasteiger partial charge on any atom is -0.329 e. The Morgan fingerprint density at radius 1 is 1.43 bits per heavy atom. The maximum atomic E-state index is 6.14. The van der Waals surface area contributed by atoms with Crippen molar-refractivity contribution in [3.63, 3.8) is 0 Å². The van der Waals surface area contributed by atoms with Gasteiger partial charge < -0.3 is 10.6 Å². The van der Waals surface area contributed by atoms with Crippen molar-refractivity contribution >= 4 is 27.5 Å². The minimum absolute atomic E-state index is 0.244. The lowest BCUT2D eigenvalue weighted by Gasteiger charge is -2.37. The van der Waals surface area contributed by atoms with Gasteiger partial charge in [-0.05, 0) is 44.1 Å². The van der Waals surface area contributed by atoms with E-state index in [0.29, 0.717) is 12.6 Å². The van der Waals surface area contributed by atoms with Crippen molar-refractivity contribution in [2.45, 2.75) is 31.8 Å². The number of likely N-dealkylation sites (N-methyl/N-ethyl adjacent to an activating group) is 1. The van der Waals surface area contributed by atoms with Crippen LogP contribution >= 0.6 is 27.5 Å². The summed E-state index contributed by atoms with van der Waals surface area (Å²) < 4.78 is 1.05. The molecule has 0 radical (unpaired) electrons. The van der Waals surface area contributed by atoms with Gasteiger partial charge in [-0.1, -0.05) is 40.5 Å². The first kappa shape index (κ1) is 17.2. The molecular formula is C16H25BrClN3. The Morgan fingerprint density at radius 3 is 2.81 bits per heavy atom. The van der Waals surface area contributed by atoms with Gasteiger partial charge in [-0.3, -0.25) is 4.90 Å². The van der Waals surface area contributed by atoms with E-state index >= 15 is 0 Å². The lowest BCUT2D eigenvalue weighted by molar-refractivity contribution is 0.130. The maximum absolute atomic E-state index is 6.14. The van der Waals surface area contributed by atoms with Crippen molar-refractivity contribution in [2.75, 3.05) is 33.2 Å². The predicted octanol–water partition coefficient (Wildman–Crippen LogP) is 3.52. The van der Waals surface area contributed by atoms with Crippen molar-refractivity contribution in [1.29, 1.82) is 0 Å². The molecular weight excluding hydrogens is 350 g/mol. The van der Waals surface area contributed by atoms with Gasteiger partial charge in [-0.2, -0.15) is 0 Å². The van der Waals surface area contributed by atoms with E-state index in [2.05, 4.69) is 45.8 Å². The number of hydrogen-bond donors (Lipinski definition) is 1. The summed E-state index contributed by atoms with van der Waals surface area (Å²) >= 11 is 9.72. The van der Waals surface area contributed by atoms with Crippen LogP contribution in [0.25, 0.3) is 0 Å². The molecule has 0 spiro atoms. The molecule has 1 aromatic rings. The molecule has 2 rings (SSSR count). The Morgan fingerprint density at radius 2 is 2.19 bits per heavy atom. The lowest BCUT2D eigenvalue weighted by atomic mass is 10.0. The van der Waals surface area contributed by atoms with Crippen LogP contribution in [-0.4, -0.2) is 49.1 Å². The van der Waals surface area contributed by atoms with Crippen LogP contribution in [0.2, 0.25) is 5.02 Å². The van der Waals surface area contributed by atoms with Crippen molar-refractivity contribution in [3.8, 4) is 0 Å². The summed E-state index contributed by atoms with van der Waals surface area (Å²) in [6, 6.07) is 6.81.